The number of carbonyl (C=O) groups excluding carboxylic acids is 1. The van der Waals surface area contributed by atoms with E-state index in [4.69, 9.17) is 5.73 Å². The molecule has 0 radical (unpaired) electrons. The van der Waals surface area contributed by atoms with Crippen LogP contribution in [0.25, 0.3) is 0 Å². The van der Waals surface area contributed by atoms with Crippen LogP contribution >= 0.6 is 0 Å². The lowest BCUT2D eigenvalue weighted by Crippen LogP contribution is -1.95. The van der Waals surface area contributed by atoms with Gasteiger partial charge in [0.05, 0.1) is 0 Å². The van der Waals surface area contributed by atoms with Gasteiger partial charge in [-0.3, -0.25) is 4.79 Å². The minimum atomic E-state index is 0.527. The van der Waals surface area contributed by atoms with Gasteiger partial charge >= 0.3 is 0 Å². The number of benzene rings is 1. The maximum Gasteiger partial charge on any atom is 0.150 e. The summed E-state index contributed by atoms with van der Waals surface area (Å²) >= 11 is 0. The third-order valence-corrected chi connectivity index (χ3v) is 1.35. The van der Waals surface area contributed by atoms with Gasteiger partial charge in [0.15, 0.2) is 0 Å². The number of rotatable bonds is 2. The van der Waals surface area contributed by atoms with Gasteiger partial charge in [-0.25, -0.2) is 0 Å². The summed E-state index contributed by atoms with van der Waals surface area (Å²) in [6, 6.07) is 7.22. The second-order valence-electron chi connectivity index (χ2n) is 2.06. The highest BCUT2D eigenvalue weighted by molar-refractivity contribution is 5.74. The average Bonchev–Trinajstić information content (AvgIpc) is 2.34. The SMILES string of the molecule is CC.CC.NCc1ccc(C=O)cc1. The molecule has 80 valence electrons. The van der Waals surface area contributed by atoms with E-state index < -0.39 is 0 Å². The Morgan fingerprint density at radius 1 is 1.07 bits per heavy atom. The molecule has 0 aliphatic carbocycles. The first kappa shape index (κ1) is 15.3. The molecule has 0 saturated heterocycles. The van der Waals surface area contributed by atoms with E-state index in [0.29, 0.717) is 12.1 Å². The topological polar surface area (TPSA) is 43.1 Å². The number of hydrogen-bond donors (Lipinski definition) is 1. The fraction of sp³-hybridized carbons (Fsp3) is 0.417. The molecular formula is C12H21NO. The van der Waals surface area contributed by atoms with Gasteiger partial charge in [0.2, 0.25) is 0 Å². The van der Waals surface area contributed by atoms with Crippen molar-refractivity contribution in [1.29, 1.82) is 0 Å². The van der Waals surface area contributed by atoms with Crippen molar-refractivity contribution < 1.29 is 4.79 Å². The van der Waals surface area contributed by atoms with Crippen molar-refractivity contribution in [2.24, 2.45) is 5.73 Å². The van der Waals surface area contributed by atoms with Crippen LogP contribution in [0.15, 0.2) is 24.3 Å². The number of aldehydes is 1. The number of carbonyl (C=O) groups is 1. The Kier molecular flexibility index (Phi) is 13.0. The summed E-state index contributed by atoms with van der Waals surface area (Å²) in [6.07, 6.45) is 0.820. The Labute approximate surface area is 87.1 Å². The fourth-order valence-corrected chi connectivity index (χ4v) is 0.732. The van der Waals surface area contributed by atoms with Gasteiger partial charge in [-0.15, -0.1) is 0 Å². The highest BCUT2D eigenvalue weighted by Gasteiger charge is 1.88. The van der Waals surface area contributed by atoms with Crippen LogP contribution in [0, 0.1) is 0 Å². The van der Waals surface area contributed by atoms with Gasteiger partial charge in [0.1, 0.15) is 6.29 Å². The first-order valence-electron chi connectivity index (χ1n) is 5.11. The minimum Gasteiger partial charge on any atom is -0.326 e. The van der Waals surface area contributed by atoms with E-state index >= 15 is 0 Å². The fourth-order valence-electron chi connectivity index (χ4n) is 0.732. The summed E-state index contributed by atoms with van der Waals surface area (Å²) in [7, 11) is 0. The predicted molar refractivity (Wildman–Crippen MR) is 62.4 cm³/mol. The van der Waals surface area contributed by atoms with Crippen molar-refractivity contribution in [2.75, 3.05) is 0 Å². The van der Waals surface area contributed by atoms with Crippen LogP contribution in [0.1, 0.15) is 43.6 Å². The molecule has 0 aliphatic rings. The molecule has 0 saturated carbocycles. The van der Waals surface area contributed by atoms with Crippen molar-refractivity contribution in [3.8, 4) is 0 Å². The molecule has 1 aromatic carbocycles. The second kappa shape index (κ2) is 11.8. The molecule has 1 rings (SSSR count). The first-order valence-corrected chi connectivity index (χ1v) is 5.11. The summed E-state index contributed by atoms with van der Waals surface area (Å²) in [5.41, 5.74) is 7.09. The van der Waals surface area contributed by atoms with Crippen molar-refractivity contribution >= 4 is 6.29 Å². The van der Waals surface area contributed by atoms with E-state index in [2.05, 4.69) is 0 Å². The summed E-state index contributed by atoms with van der Waals surface area (Å²) in [4.78, 5) is 10.2. The summed E-state index contributed by atoms with van der Waals surface area (Å²) in [5.74, 6) is 0. The molecule has 0 fully saturated rings. The Hall–Kier alpha value is -1.15. The van der Waals surface area contributed by atoms with Crippen LogP contribution in [0.5, 0.6) is 0 Å². The lowest BCUT2D eigenvalue weighted by atomic mass is 10.1. The van der Waals surface area contributed by atoms with Crippen molar-refractivity contribution in [3.63, 3.8) is 0 Å². The second-order valence-corrected chi connectivity index (χ2v) is 2.06. The summed E-state index contributed by atoms with van der Waals surface area (Å²) in [6.45, 7) is 8.53. The third kappa shape index (κ3) is 6.38. The van der Waals surface area contributed by atoms with Crippen LogP contribution in [0.4, 0.5) is 0 Å². The lowest BCUT2D eigenvalue weighted by molar-refractivity contribution is 0.112. The van der Waals surface area contributed by atoms with Gasteiger partial charge in [-0.2, -0.15) is 0 Å². The largest absolute Gasteiger partial charge is 0.326 e. The van der Waals surface area contributed by atoms with E-state index in [-0.39, 0.29) is 0 Å². The van der Waals surface area contributed by atoms with Gasteiger partial charge in [-0.1, -0.05) is 52.0 Å². The molecule has 2 heteroatoms. The molecule has 1 aromatic rings. The normalized spacial score (nSPS) is 7.50. The van der Waals surface area contributed by atoms with Crippen molar-refractivity contribution in [3.05, 3.63) is 35.4 Å². The molecule has 0 heterocycles. The Bertz CT molecular complexity index is 216. The molecular weight excluding hydrogens is 174 g/mol. The molecule has 0 aliphatic heterocycles. The molecule has 0 amide bonds. The van der Waals surface area contributed by atoms with Gasteiger partial charge < -0.3 is 5.73 Å². The molecule has 14 heavy (non-hydrogen) atoms. The monoisotopic (exact) mass is 195 g/mol. The molecule has 0 spiro atoms. The zero-order chi connectivity index (χ0) is 11.4. The van der Waals surface area contributed by atoms with E-state index in [1.165, 1.54) is 0 Å². The van der Waals surface area contributed by atoms with Gasteiger partial charge in [0.25, 0.3) is 0 Å². The highest BCUT2D eigenvalue weighted by atomic mass is 16.1. The summed E-state index contributed by atoms with van der Waals surface area (Å²) < 4.78 is 0. The van der Waals surface area contributed by atoms with E-state index in [9.17, 15) is 4.79 Å². The summed E-state index contributed by atoms with van der Waals surface area (Å²) in [5, 5.41) is 0. The molecule has 2 N–H and O–H groups in total. The van der Waals surface area contributed by atoms with Crippen LogP contribution in [-0.2, 0) is 6.54 Å². The molecule has 2 nitrogen and oxygen atoms in total. The Balaban J connectivity index is 0. The molecule has 0 aromatic heterocycles. The maximum atomic E-state index is 10.2. The van der Waals surface area contributed by atoms with Gasteiger partial charge in [0, 0.05) is 12.1 Å². The van der Waals surface area contributed by atoms with E-state index in [0.717, 1.165) is 11.8 Å². The predicted octanol–water partition coefficient (Wildman–Crippen LogP) is 3.01. The highest BCUT2D eigenvalue weighted by Crippen LogP contribution is 2.00. The van der Waals surface area contributed by atoms with Crippen molar-refractivity contribution in [1.82, 2.24) is 0 Å². The van der Waals surface area contributed by atoms with Crippen molar-refractivity contribution in [2.45, 2.75) is 34.2 Å². The zero-order valence-corrected chi connectivity index (χ0v) is 9.58. The third-order valence-electron chi connectivity index (χ3n) is 1.35. The number of hydrogen-bond acceptors (Lipinski definition) is 2. The average molecular weight is 195 g/mol. The lowest BCUT2D eigenvalue weighted by Gasteiger charge is -1.93. The molecule has 0 atom stereocenters. The smallest absolute Gasteiger partial charge is 0.150 e. The van der Waals surface area contributed by atoms with Crippen LogP contribution in [0.2, 0.25) is 0 Å². The van der Waals surface area contributed by atoms with Gasteiger partial charge in [-0.05, 0) is 5.56 Å². The maximum absolute atomic E-state index is 10.2. The molecule has 0 bridgehead atoms. The Morgan fingerprint density at radius 3 is 1.79 bits per heavy atom. The van der Waals surface area contributed by atoms with E-state index in [1.54, 1.807) is 12.1 Å². The van der Waals surface area contributed by atoms with Crippen LogP contribution in [-0.4, -0.2) is 6.29 Å². The first-order chi connectivity index (χ1) is 6.86. The zero-order valence-electron chi connectivity index (χ0n) is 9.58. The Morgan fingerprint density at radius 2 is 1.50 bits per heavy atom. The minimum absolute atomic E-state index is 0.527. The molecule has 0 unspecified atom stereocenters. The van der Waals surface area contributed by atoms with E-state index in [1.807, 2.05) is 39.8 Å². The number of nitrogens with two attached hydrogens (primary N) is 1. The quantitative estimate of drug-likeness (QED) is 0.737. The van der Waals surface area contributed by atoms with Crippen LogP contribution in [0.3, 0.4) is 0 Å². The standard InChI is InChI=1S/C8H9NO.2C2H6/c9-5-7-1-3-8(6-10)4-2-7;2*1-2/h1-4,6H,5,9H2;2*1-2H3. The van der Waals surface area contributed by atoms with Crippen LogP contribution < -0.4 is 5.73 Å².